The molecule has 0 unspecified atom stereocenters. The monoisotopic (exact) mass is 462 g/mol. The van der Waals surface area contributed by atoms with Gasteiger partial charge in [-0.05, 0) is 36.8 Å². The maximum atomic E-state index is 12.8. The highest BCUT2D eigenvalue weighted by Crippen LogP contribution is 2.35. The highest BCUT2D eigenvalue weighted by atomic mass is 35.5. The van der Waals surface area contributed by atoms with Gasteiger partial charge in [-0.1, -0.05) is 36.5 Å². The lowest BCUT2D eigenvalue weighted by Gasteiger charge is -2.02. The fraction of sp³-hybridized carbons (Fsp3) is 0.150. The molecule has 29 heavy (non-hydrogen) atoms. The number of nitrogens with zero attached hydrogens (tertiary/aromatic N) is 2. The number of carbonyl (C=O) groups excluding carboxylic acids is 1. The maximum Gasteiger partial charge on any atom is 0.269 e. The molecule has 0 saturated heterocycles. The number of pyridine rings is 1. The highest BCUT2D eigenvalue weighted by molar-refractivity contribution is 7.21. The van der Waals surface area contributed by atoms with Crippen LogP contribution in [0.1, 0.15) is 28.7 Å². The lowest BCUT2D eigenvalue weighted by molar-refractivity contribution is 0.103. The first-order valence-electron chi connectivity index (χ1n) is 8.86. The van der Waals surface area contributed by atoms with Gasteiger partial charge in [-0.25, -0.2) is 9.97 Å². The van der Waals surface area contributed by atoms with E-state index in [1.165, 1.54) is 22.7 Å². The van der Waals surface area contributed by atoms with Gasteiger partial charge < -0.3 is 5.73 Å². The van der Waals surface area contributed by atoms with Crippen molar-refractivity contribution < 1.29 is 4.79 Å². The van der Waals surface area contributed by atoms with Crippen molar-refractivity contribution in [2.75, 3.05) is 11.1 Å². The van der Waals surface area contributed by atoms with Crippen LogP contribution < -0.4 is 11.1 Å². The van der Waals surface area contributed by atoms with Crippen LogP contribution in [0.4, 0.5) is 10.8 Å². The molecule has 3 aromatic heterocycles. The van der Waals surface area contributed by atoms with E-state index < -0.39 is 0 Å². The van der Waals surface area contributed by atoms with E-state index in [1.807, 2.05) is 17.5 Å². The third kappa shape index (κ3) is 4.09. The number of aromatic nitrogens is 2. The second-order valence-corrected chi connectivity index (χ2v) is 9.07. The molecule has 0 spiro atoms. The van der Waals surface area contributed by atoms with Crippen LogP contribution >= 0.6 is 45.9 Å². The summed E-state index contributed by atoms with van der Waals surface area (Å²) in [7, 11) is 0. The topological polar surface area (TPSA) is 80.9 Å². The third-order valence-electron chi connectivity index (χ3n) is 4.30. The number of halogens is 2. The smallest absolute Gasteiger partial charge is 0.269 e. The van der Waals surface area contributed by atoms with Gasteiger partial charge in [0.15, 0.2) is 5.13 Å². The molecule has 1 amide bonds. The number of hydrogen-bond donors (Lipinski definition) is 2. The van der Waals surface area contributed by atoms with Crippen LogP contribution in [-0.4, -0.2) is 15.9 Å². The predicted molar refractivity (Wildman–Crippen MR) is 124 cm³/mol. The molecule has 0 aliphatic heterocycles. The third-order valence-corrected chi connectivity index (χ3v) is 6.72. The number of amides is 1. The van der Waals surface area contributed by atoms with E-state index in [0.29, 0.717) is 31.4 Å². The predicted octanol–water partition coefficient (Wildman–Crippen LogP) is 6.51. The molecule has 5 nitrogen and oxygen atoms in total. The lowest BCUT2D eigenvalue weighted by atomic mass is 10.2. The number of benzene rings is 1. The molecule has 3 N–H and O–H groups in total. The van der Waals surface area contributed by atoms with E-state index in [-0.39, 0.29) is 5.91 Å². The number of thiazole rings is 1. The molecular weight excluding hydrogens is 447 g/mol. The maximum absolute atomic E-state index is 12.8. The summed E-state index contributed by atoms with van der Waals surface area (Å²) >= 11 is 14.8. The molecule has 4 rings (SSSR count). The van der Waals surface area contributed by atoms with Crippen molar-refractivity contribution in [2.24, 2.45) is 0 Å². The zero-order chi connectivity index (χ0) is 20.5. The van der Waals surface area contributed by atoms with Crippen LogP contribution in [0.15, 0.2) is 35.7 Å². The van der Waals surface area contributed by atoms with Crippen LogP contribution in [0.2, 0.25) is 10.0 Å². The number of hydrogen-bond acceptors (Lipinski definition) is 6. The average molecular weight is 463 g/mol. The summed E-state index contributed by atoms with van der Waals surface area (Å²) in [6, 6.07) is 9.10. The number of fused-ring (bicyclic) bond motifs is 1. The summed E-state index contributed by atoms with van der Waals surface area (Å²) in [4.78, 5) is 23.1. The molecule has 9 heteroatoms. The van der Waals surface area contributed by atoms with Gasteiger partial charge in [-0.15, -0.1) is 22.7 Å². The minimum atomic E-state index is -0.300. The Hall–Kier alpha value is -2.19. The molecule has 0 saturated carbocycles. The van der Waals surface area contributed by atoms with Crippen molar-refractivity contribution in [2.45, 2.75) is 19.8 Å². The van der Waals surface area contributed by atoms with Crippen LogP contribution in [0.5, 0.6) is 0 Å². The number of carbonyl (C=O) groups is 1. The number of anilines is 2. The van der Waals surface area contributed by atoms with Gasteiger partial charge in [0, 0.05) is 27.0 Å². The first-order valence-corrected chi connectivity index (χ1v) is 11.3. The fourth-order valence-electron chi connectivity index (χ4n) is 2.91. The summed E-state index contributed by atoms with van der Waals surface area (Å²) in [6.07, 6.45) is 1.90. The highest BCUT2D eigenvalue weighted by Gasteiger charge is 2.19. The van der Waals surface area contributed by atoms with Crippen molar-refractivity contribution in [1.82, 2.24) is 9.97 Å². The Kier molecular flexibility index (Phi) is 5.74. The summed E-state index contributed by atoms with van der Waals surface area (Å²) < 4.78 is 0. The van der Waals surface area contributed by atoms with Gasteiger partial charge in [-0.3, -0.25) is 10.1 Å². The van der Waals surface area contributed by atoms with Crippen LogP contribution in [0.3, 0.4) is 0 Å². The zero-order valence-electron chi connectivity index (χ0n) is 15.3. The van der Waals surface area contributed by atoms with E-state index in [0.717, 1.165) is 34.3 Å². The first kappa shape index (κ1) is 20.1. The van der Waals surface area contributed by atoms with Crippen LogP contribution in [0, 0.1) is 0 Å². The molecule has 0 radical (unpaired) electrons. The molecule has 0 atom stereocenters. The van der Waals surface area contributed by atoms with Crippen molar-refractivity contribution in [3.8, 4) is 11.3 Å². The van der Waals surface area contributed by atoms with E-state index >= 15 is 0 Å². The summed E-state index contributed by atoms with van der Waals surface area (Å²) in [5.74, 6) is -0.300. The number of nitrogen functional groups attached to an aromatic ring is 1. The molecule has 0 aliphatic rings. The standard InChI is InChI=1S/C20H16Cl2N4OS2/c1-2-3-11-5-7-13-16(23)17(29-19(13)24-11)18(27)26-20-25-15(9-28-20)12-6-4-10(21)8-14(12)22/h4-9H,2-3,23H2,1H3,(H,25,26,27). The number of nitrogens with two attached hydrogens (primary N) is 1. The second-order valence-electron chi connectivity index (χ2n) is 6.37. The minimum absolute atomic E-state index is 0.300. The Morgan fingerprint density at radius 1 is 1.21 bits per heavy atom. The average Bonchev–Trinajstić information content (AvgIpc) is 3.26. The largest absolute Gasteiger partial charge is 0.397 e. The molecule has 1 aromatic carbocycles. The van der Waals surface area contributed by atoms with E-state index in [2.05, 4.69) is 22.2 Å². The Bertz CT molecular complexity index is 1220. The SMILES string of the molecule is CCCc1ccc2c(N)c(C(=O)Nc3nc(-c4ccc(Cl)cc4Cl)cs3)sc2n1. The Balaban J connectivity index is 1.58. The molecular formula is C20H16Cl2N4OS2. The minimum Gasteiger partial charge on any atom is -0.397 e. The van der Waals surface area contributed by atoms with E-state index in [4.69, 9.17) is 28.9 Å². The van der Waals surface area contributed by atoms with Crippen molar-refractivity contribution >= 4 is 72.8 Å². The van der Waals surface area contributed by atoms with Crippen molar-refractivity contribution in [1.29, 1.82) is 0 Å². The van der Waals surface area contributed by atoms with Crippen molar-refractivity contribution in [3.05, 3.63) is 56.3 Å². The van der Waals surface area contributed by atoms with Gasteiger partial charge in [0.25, 0.3) is 5.91 Å². The van der Waals surface area contributed by atoms with Gasteiger partial charge in [0.2, 0.25) is 0 Å². The van der Waals surface area contributed by atoms with Gasteiger partial charge in [-0.2, -0.15) is 0 Å². The Morgan fingerprint density at radius 3 is 2.79 bits per heavy atom. The molecule has 148 valence electrons. The Morgan fingerprint density at radius 2 is 2.03 bits per heavy atom. The Labute approximate surface area is 185 Å². The first-order chi connectivity index (χ1) is 14.0. The number of nitrogens with one attached hydrogen (secondary N) is 1. The summed E-state index contributed by atoms with van der Waals surface area (Å²) in [6.45, 7) is 2.10. The van der Waals surface area contributed by atoms with Crippen molar-refractivity contribution in [3.63, 3.8) is 0 Å². The van der Waals surface area contributed by atoms with Crippen LogP contribution in [0.25, 0.3) is 21.5 Å². The normalized spacial score (nSPS) is 11.1. The summed E-state index contributed by atoms with van der Waals surface area (Å²) in [5, 5.41) is 6.98. The van der Waals surface area contributed by atoms with E-state index in [1.54, 1.807) is 18.2 Å². The lowest BCUT2D eigenvalue weighted by Crippen LogP contribution is -2.11. The second kappa shape index (κ2) is 8.28. The number of thiophene rings is 1. The molecule has 0 bridgehead atoms. The van der Waals surface area contributed by atoms with E-state index in [9.17, 15) is 4.79 Å². The number of aryl methyl sites for hydroxylation is 1. The van der Waals surface area contributed by atoms with Gasteiger partial charge in [0.05, 0.1) is 16.4 Å². The van der Waals surface area contributed by atoms with Crippen LogP contribution in [-0.2, 0) is 6.42 Å². The van der Waals surface area contributed by atoms with Gasteiger partial charge >= 0.3 is 0 Å². The zero-order valence-corrected chi connectivity index (χ0v) is 18.5. The summed E-state index contributed by atoms with van der Waals surface area (Å²) in [5.41, 5.74) is 9.07. The molecule has 3 heterocycles. The van der Waals surface area contributed by atoms with Gasteiger partial charge in [0.1, 0.15) is 9.71 Å². The molecule has 0 fully saturated rings. The molecule has 0 aliphatic carbocycles. The number of rotatable bonds is 5. The quantitative estimate of drug-likeness (QED) is 0.353. The molecule has 4 aromatic rings. The fourth-order valence-corrected chi connectivity index (χ4v) is 5.12.